The van der Waals surface area contributed by atoms with Crippen LogP contribution in [0.2, 0.25) is 0 Å². The molecule has 1 fully saturated rings. The van der Waals surface area contributed by atoms with Gasteiger partial charge in [0.1, 0.15) is 6.04 Å². The number of amides is 3. The molecular formula is C12H21N3O5S. The minimum atomic E-state index is -1.13. The summed E-state index contributed by atoms with van der Waals surface area (Å²) in [5, 5.41) is 14.0. The third-order valence-electron chi connectivity index (χ3n) is 3.35. The Kier molecular flexibility index (Phi) is 6.60. The van der Waals surface area contributed by atoms with E-state index in [0.29, 0.717) is 19.5 Å². The molecule has 0 aromatic heterocycles. The Balaban J connectivity index is 2.55. The lowest BCUT2D eigenvalue weighted by Gasteiger charge is -2.34. The van der Waals surface area contributed by atoms with Crippen LogP contribution in [0.5, 0.6) is 0 Å². The highest BCUT2D eigenvalue weighted by molar-refractivity contribution is 7.84. The van der Waals surface area contributed by atoms with E-state index in [1.54, 1.807) is 6.26 Å². The zero-order valence-electron chi connectivity index (χ0n) is 12.1. The number of carbonyl (C=O) groups excluding carboxylic acids is 2. The fourth-order valence-corrected chi connectivity index (χ4v) is 2.43. The minimum absolute atomic E-state index is 0.0372. The van der Waals surface area contributed by atoms with E-state index >= 15 is 0 Å². The summed E-state index contributed by atoms with van der Waals surface area (Å²) in [6.45, 7) is 2.73. The topological polar surface area (TPSA) is 116 Å². The van der Waals surface area contributed by atoms with Gasteiger partial charge in [-0.05, 0) is 6.42 Å². The van der Waals surface area contributed by atoms with Crippen LogP contribution in [0.15, 0.2) is 0 Å². The van der Waals surface area contributed by atoms with Crippen molar-refractivity contribution in [2.24, 2.45) is 0 Å². The quantitative estimate of drug-likeness (QED) is 0.588. The largest absolute Gasteiger partial charge is 0.481 e. The third kappa shape index (κ3) is 5.33. The summed E-state index contributed by atoms with van der Waals surface area (Å²) in [6, 6.07) is -1.46. The molecule has 9 heteroatoms. The number of carboxylic acids is 1. The molecule has 120 valence electrons. The van der Waals surface area contributed by atoms with Gasteiger partial charge in [-0.15, -0.1) is 0 Å². The molecule has 21 heavy (non-hydrogen) atoms. The summed E-state index contributed by atoms with van der Waals surface area (Å²) in [5.41, 5.74) is 0. The van der Waals surface area contributed by atoms with Crippen LogP contribution >= 0.6 is 0 Å². The van der Waals surface area contributed by atoms with Crippen LogP contribution in [-0.2, 0) is 20.4 Å². The summed E-state index contributed by atoms with van der Waals surface area (Å²) in [4.78, 5) is 35.8. The molecule has 1 heterocycles. The van der Waals surface area contributed by atoms with Gasteiger partial charge in [-0.3, -0.25) is 13.8 Å². The number of carbonyl (C=O) groups is 3. The van der Waals surface area contributed by atoms with Gasteiger partial charge in [0.25, 0.3) is 0 Å². The van der Waals surface area contributed by atoms with E-state index in [1.807, 2.05) is 6.92 Å². The maximum absolute atomic E-state index is 12.1. The molecule has 3 N–H and O–H groups in total. The second kappa shape index (κ2) is 7.96. The molecule has 3 atom stereocenters. The first-order chi connectivity index (χ1) is 9.82. The molecule has 0 spiro atoms. The summed E-state index contributed by atoms with van der Waals surface area (Å²) < 4.78 is 11.2. The highest BCUT2D eigenvalue weighted by Crippen LogP contribution is 2.09. The Morgan fingerprint density at radius 1 is 1.57 bits per heavy atom. The first kappa shape index (κ1) is 17.4. The van der Waals surface area contributed by atoms with Gasteiger partial charge in [-0.1, -0.05) is 6.92 Å². The lowest BCUT2D eigenvalue weighted by molar-refractivity contribution is -0.142. The number of urea groups is 1. The molecule has 0 aliphatic carbocycles. The van der Waals surface area contributed by atoms with E-state index in [2.05, 4.69) is 10.6 Å². The first-order valence-electron chi connectivity index (χ1n) is 6.69. The maximum atomic E-state index is 12.1. The van der Waals surface area contributed by atoms with E-state index in [1.165, 1.54) is 4.90 Å². The van der Waals surface area contributed by atoms with E-state index in [0.717, 1.165) is 0 Å². The number of hydrogen-bond donors (Lipinski definition) is 3. The second-order valence-electron chi connectivity index (χ2n) is 4.93. The maximum Gasteiger partial charge on any atom is 0.318 e. The molecule has 3 unspecified atom stereocenters. The van der Waals surface area contributed by atoms with Crippen LogP contribution in [0.3, 0.4) is 0 Å². The first-order valence-corrected chi connectivity index (χ1v) is 8.31. The predicted molar refractivity (Wildman–Crippen MR) is 77.3 cm³/mol. The summed E-state index contributed by atoms with van der Waals surface area (Å²) in [5.74, 6) is -1.59. The number of nitrogens with zero attached hydrogens (tertiary/aromatic N) is 1. The van der Waals surface area contributed by atoms with Crippen molar-refractivity contribution >= 4 is 28.7 Å². The fraction of sp³-hybridized carbons (Fsp3) is 0.750. The van der Waals surface area contributed by atoms with E-state index < -0.39 is 41.2 Å². The van der Waals surface area contributed by atoms with E-state index in [-0.39, 0.29) is 11.8 Å². The molecule has 0 aromatic carbocycles. The van der Waals surface area contributed by atoms with Gasteiger partial charge >= 0.3 is 12.0 Å². The Morgan fingerprint density at radius 3 is 2.81 bits per heavy atom. The average molecular weight is 319 g/mol. The molecule has 1 aliphatic heterocycles. The van der Waals surface area contributed by atoms with Gasteiger partial charge in [-0.25, -0.2) is 4.79 Å². The molecule has 8 nitrogen and oxygen atoms in total. The molecule has 1 rings (SSSR count). The second-order valence-corrected chi connectivity index (χ2v) is 6.73. The van der Waals surface area contributed by atoms with Crippen LogP contribution in [0.1, 0.15) is 19.8 Å². The van der Waals surface area contributed by atoms with Crippen LogP contribution < -0.4 is 10.6 Å². The zero-order valence-corrected chi connectivity index (χ0v) is 12.9. The minimum Gasteiger partial charge on any atom is -0.481 e. The Hall–Kier alpha value is -1.64. The van der Waals surface area contributed by atoms with Crippen molar-refractivity contribution in [2.75, 3.05) is 25.9 Å². The monoisotopic (exact) mass is 319 g/mol. The number of aliphatic carboxylic acids is 1. The number of piperazine rings is 1. The highest BCUT2D eigenvalue weighted by atomic mass is 32.2. The fourth-order valence-electron chi connectivity index (χ4n) is 1.98. The highest BCUT2D eigenvalue weighted by Gasteiger charge is 2.34. The normalized spacial score (nSPS) is 21.3. The summed E-state index contributed by atoms with van der Waals surface area (Å²) in [6.07, 6.45) is 1.73. The molecule has 3 amide bonds. The van der Waals surface area contributed by atoms with Crippen molar-refractivity contribution in [1.29, 1.82) is 0 Å². The molecule has 0 bridgehead atoms. The molecular weight excluding hydrogens is 298 g/mol. The number of nitrogens with one attached hydrogen (secondary N) is 2. The van der Waals surface area contributed by atoms with Crippen molar-refractivity contribution in [3.05, 3.63) is 0 Å². The van der Waals surface area contributed by atoms with Crippen LogP contribution in [-0.4, -0.2) is 69.3 Å². The summed E-state index contributed by atoms with van der Waals surface area (Å²) >= 11 is 0. The van der Waals surface area contributed by atoms with Crippen LogP contribution in [0.4, 0.5) is 4.79 Å². The smallest absolute Gasteiger partial charge is 0.318 e. The predicted octanol–water partition coefficient (Wildman–Crippen LogP) is -0.872. The van der Waals surface area contributed by atoms with Gasteiger partial charge in [0, 0.05) is 41.9 Å². The number of rotatable bonds is 6. The molecule has 1 aliphatic rings. The number of carboxylic acid groups (broad SMARTS) is 1. The molecule has 0 aromatic rings. The van der Waals surface area contributed by atoms with Gasteiger partial charge in [0.2, 0.25) is 5.91 Å². The zero-order chi connectivity index (χ0) is 16.0. The van der Waals surface area contributed by atoms with Gasteiger partial charge in [-0.2, -0.15) is 0 Å². The average Bonchev–Trinajstić information content (AvgIpc) is 2.40. The van der Waals surface area contributed by atoms with E-state index in [4.69, 9.17) is 5.11 Å². The Bertz CT molecular complexity index is 443. The number of hydrogen-bond acceptors (Lipinski definition) is 4. The van der Waals surface area contributed by atoms with Crippen LogP contribution in [0, 0.1) is 0 Å². The SMILES string of the molecule is CC(CCNC(=O)N1CCNC(=O)C1CC(=O)O)S(C)=O. The van der Waals surface area contributed by atoms with Crippen molar-refractivity contribution in [3.63, 3.8) is 0 Å². The van der Waals surface area contributed by atoms with Gasteiger partial charge in [0.05, 0.1) is 6.42 Å². The molecule has 0 radical (unpaired) electrons. The van der Waals surface area contributed by atoms with Crippen molar-refractivity contribution in [3.8, 4) is 0 Å². The lowest BCUT2D eigenvalue weighted by atomic mass is 10.1. The summed E-state index contributed by atoms with van der Waals surface area (Å²) in [7, 11) is -0.957. The van der Waals surface area contributed by atoms with Crippen LogP contribution in [0.25, 0.3) is 0 Å². The van der Waals surface area contributed by atoms with E-state index in [9.17, 15) is 18.6 Å². The Morgan fingerprint density at radius 2 is 2.24 bits per heavy atom. The Labute approximate surface area is 125 Å². The van der Waals surface area contributed by atoms with Crippen molar-refractivity contribution in [2.45, 2.75) is 31.1 Å². The standard InChI is InChI=1S/C12H21N3O5S/c1-8(21(2)20)3-4-14-12(19)15-6-5-13-11(18)9(15)7-10(16)17/h8-9H,3-7H2,1-2H3,(H,13,18)(H,14,19)(H,16,17). The van der Waals surface area contributed by atoms with Gasteiger partial charge < -0.3 is 20.6 Å². The molecule has 0 saturated carbocycles. The third-order valence-corrected chi connectivity index (χ3v) is 4.72. The van der Waals surface area contributed by atoms with Gasteiger partial charge in [0.15, 0.2) is 0 Å². The van der Waals surface area contributed by atoms with Crippen molar-refractivity contribution in [1.82, 2.24) is 15.5 Å². The lowest BCUT2D eigenvalue weighted by Crippen LogP contribution is -2.60. The molecule has 1 saturated heterocycles. The van der Waals surface area contributed by atoms with Crippen molar-refractivity contribution < 1.29 is 23.7 Å².